The van der Waals surface area contributed by atoms with Gasteiger partial charge < -0.3 is 5.32 Å². The molecule has 1 atom stereocenters. The Morgan fingerprint density at radius 1 is 1.31 bits per heavy atom. The second-order valence-electron chi connectivity index (χ2n) is 4.08. The number of rotatable bonds is 6. The molecule has 3 heteroatoms. The maximum atomic E-state index is 11.8. The van der Waals surface area contributed by atoms with Crippen LogP contribution >= 0.6 is 0 Å². The largest absolute Gasteiger partial charge is 0.349 e. The predicted molar refractivity (Wildman–Crippen MR) is 63.0 cm³/mol. The number of ketones is 1. The molecule has 0 aromatic heterocycles. The van der Waals surface area contributed by atoms with Crippen molar-refractivity contribution in [2.75, 3.05) is 0 Å². The van der Waals surface area contributed by atoms with E-state index in [9.17, 15) is 9.59 Å². The summed E-state index contributed by atoms with van der Waals surface area (Å²) in [5.41, 5.74) is 1.05. The lowest BCUT2D eigenvalue weighted by Gasteiger charge is -2.17. The highest BCUT2D eigenvalue weighted by molar-refractivity contribution is 5.87. The third-order valence-electron chi connectivity index (χ3n) is 2.46. The summed E-state index contributed by atoms with van der Waals surface area (Å²) in [6.07, 6.45) is 1.14. The Balaban J connectivity index is 2.72. The third kappa shape index (κ3) is 3.50. The zero-order chi connectivity index (χ0) is 12.0. The molecular formula is C13H17NO2. The van der Waals surface area contributed by atoms with Gasteiger partial charge in [-0.15, -0.1) is 0 Å². The Labute approximate surface area is 95.9 Å². The zero-order valence-electron chi connectivity index (χ0n) is 9.64. The van der Waals surface area contributed by atoms with E-state index in [1.807, 2.05) is 44.2 Å². The van der Waals surface area contributed by atoms with Gasteiger partial charge in [-0.3, -0.25) is 9.59 Å². The van der Waals surface area contributed by atoms with Crippen molar-refractivity contribution in [2.45, 2.75) is 26.3 Å². The highest BCUT2D eigenvalue weighted by Gasteiger charge is 2.20. The van der Waals surface area contributed by atoms with Crippen LogP contribution in [0.2, 0.25) is 0 Å². The highest BCUT2D eigenvalue weighted by Crippen LogP contribution is 2.07. The standard InChI is InChI=1S/C13H17NO2/c1-10(2)13(16)12(14-9-15)8-11-6-4-3-5-7-11/h3-7,9-10,12H,8H2,1-2H3,(H,14,15). The average Bonchev–Trinajstić information content (AvgIpc) is 2.29. The molecule has 16 heavy (non-hydrogen) atoms. The second kappa shape index (κ2) is 6.05. The van der Waals surface area contributed by atoms with E-state index in [2.05, 4.69) is 5.32 Å². The molecule has 1 rings (SSSR count). The van der Waals surface area contributed by atoms with E-state index in [1.54, 1.807) is 0 Å². The number of carbonyl (C=O) groups excluding carboxylic acids is 2. The first-order valence-corrected chi connectivity index (χ1v) is 5.42. The summed E-state index contributed by atoms with van der Waals surface area (Å²) in [6, 6.07) is 9.26. The summed E-state index contributed by atoms with van der Waals surface area (Å²) in [5.74, 6) is -0.00267. The van der Waals surface area contributed by atoms with Crippen LogP contribution in [0, 0.1) is 5.92 Å². The number of benzene rings is 1. The Hall–Kier alpha value is -1.64. The number of hydrogen-bond acceptors (Lipinski definition) is 2. The first-order valence-electron chi connectivity index (χ1n) is 5.42. The van der Waals surface area contributed by atoms with E-state index in [0.717, 1.165) is 5.56 Å². The fourth-order valence-electron chi connectivity index (χ4n) is 1.58. The molecule has 0 radical (unpaired) electrons. The monoisotopic (exact) mass is 219 g/mol. The van der Waals surface area contributed by atoms with Gasteiger partial charge in [0.1, 0.15) is 0 Å². The quantitative estimate of drug-likeness (QED) is 0.738. The molecule has 0 saturated heterocycles. The van der Waals surface area contributed by atoms with Crippen molar-refractivity contribution in [3.05, 3.63) is 35.9 Å². The van der Waals surface area contributed by atoms with E-state index >= 15 is 0 Å². The predicted octanol–water partition coefficient (Wildman–Crippen LogP) is 1.57. The van der Waals surface area contributed by atoms with Gasteiger partial charge in [-0.05, 0) is 12.0 Å². The summed E-state index contributed by atoms with van der Waals surface area (Å²) in [4.78, 5) is 22.3. The van der Waals surface area contributed by atoms with Crippen molar-refractivity contribution >= 4 is 12.2 Å². The summed E-state index contributed by atoms with van der Waals surface area (Å²) in [5, 5.41) is 2.58. The lowest BCUT2D eigenvalue weighted by molar-refractivity contribution is -0.126. The lowest BCUT2D eigenvalue weighted by atomic mass is 9.96. The van der Waals surface area contributed by atoms with Gasteiger partial charge >= 0.3 is 0 Å². The van der Waals surface area contributed by atoms with E-state index in [1.165, 1.54) is 0 Å². The SMILES string of the molecule is CC(C)C(=O)C(Cc1ccccc1)NC=O. The highest BCUT2D eigenvalue weighted by atomic mass is 16.1. The molecule has 0 aliphatic heterocycles. The fraction of sp³-hybridized carbons (Fsp3) is 0.385. The smallest absolute Gasteiger partial charge is 0.207 e. The summed E-state index contributed by atoms with van der Waals surface area (Å²) >= 11 is 0. The van der Waals surface area contributed by atoms with Gasteiger partial charge in [-0.1, -0.05) is 44.2 Å². The van der Waals surface area contributed by atoms with Gasteiger partial charge in [0, 0.05) is 5.92 Å². The molecule has 1 amide bonds. The first-order chi connectivity index (χ1) is 7.65. The Morgan fingerprint density at radius 3 is 2.44 bits per heavy atom. The first kappa shape index (κ1) is 12.4. The molecule has 0 spiro atoms. The van der Waals surface area contributed by atoms with Crippen molar-refractivity contribution in [3.63, 3.8) is 0 Å². The van der Waals surface area contributed by atoms with Gasteiger partial charge in [-0.2, -0.15) is 0 Å². The van der Waals surface area contributed by atoms with E-state index in [0.29, 0.717) is 12.8 Å². The number of nitrogens with one attached hydrogen (secondary N) is 1. The molecule has 0 aliphatic carbocycles. The molecule has 0 aliphatic rings. The van der Waals surface area contributed by atoms with E-state index in [-0.39, 0.29) is 11.7 Å². The third-order valence-corrected chi connectivity index (χ3v) is 2.46. The van der Waals surface area contributed by atoms with Crippen LogP contribution in [0.1, 0.15) is 19.4 Å². The number of amides is 1. The molecule has 0 saturated carbocycles. The van der Waals surface area contributed by atoms with E-state index < -0.39 is 6.04 Å². The average molecular weight is 219 g/mol. The molecule has 1 unspecified atom stereocenters. The van der Waals surface area contributed by atoms with Crippen LogP contribution < -0.4 is 5.32 Å². The zero-order valence-corrected chi connectivity index (χ0v) is 9.64. The fourth-order valence-corrected chi connectivity index (χ4v) is 1.58. The van der Waals surface area contributed by atoms with E-state index in [4.69, 9.17) is 0 Å². The molecule has 0 heterocycles. The maximum absolute atomic E-state index is 11.8. The Morgan fingerprint density at radius 2 is 1.94 bits per heavy atom. The van der Waals surface area contributed by atoms with Gasteiger partial charge in [0.2, 0.25) is 6.41 Å². The molecule has 0 fully saturated rings. The van der Waals surface area contributed by atoms with Crippen LogP contribution in [0.15, 0.2) is 30.3 Å². The van der Waals surface area contributed by atoms with Gasteiger partial charge in [-0.25, -0.2) is 0 Å². The number of hydrogen-bond donors (Lipinski definition) is 1. The molecule has 1 aromatic rings. The van der Waals surface area contributed by atoms with Crippen LogP contribution in [-0.2, 0) is 16.0 Å². The molecule has 1 aromatic carbocycles. The van der Waals surface area contributed by atoms with Crippen LogP contribution in [0.3, 0.4) is 0 Å². The summed E-state index contributed by atoms with van der Waals surface area (Å²) in [7, 11) is 0. The van der Waals surface area contributed by atoms with Crippen LogP contribution in [0.25, 0.3) is 0 Å². The van der Waals surface area contributed by atoms with Crippen LogP contribution in [-0.4, -0.2) is 18.2 Å². The van der Waals surface area contributed by atoms with Crippen molar-refractivity contribution in [3.8, 4) is 0 Å². The Kier molecular flexibility index (Phi) is 4.70. The molecule has 86 valence electrons. The summed E-state index contributed by atoms with van der Waals surface area (Å²) in [6.45, 7) is 3.68. The van der Waals surface area contributed by atoms with Crippen molar-refractivity contribution in [2.24, 2.45) is 5.92 Å². The minimum atomic E-state index is -0.417. The van der Waals surface area contributed by atoms with Gasteiger partial charge in [0.25, 0.3) is 0 Å². The Bertz CT molecular complexity index is 346. The maximum Gasteiger partial charge on any atom is 0.207 e. The minimum Gasteiger partial charge on any atom is -0.349 e. The van der Waals surface area contributed by atoms with Gasteiger partial charge in [0.05, 0.1) is 6.04 Å². The molecular weight excluding hydrogens is 202 g/mol. The topological polar surface area (TPSA) is 46.2 Å². The number of carbonyl (C=O) groups is 2. The molecule has 3 nitrogen and oxygen atoms in total. The molecule has 1 N–H and O–H groups in total. The van der Waals surface area contributed by atoms with Crippen molar-refractivity contribution in [1.82, 2.24) is 5.32 Å². The van der Waals surface area contributed by atoms with Crippen molar-refractivity contribution in [1.29, 1.82) is 0 Å². The van der Waals surface area contributed by atoms with Crippen molar-refractivity contribution < 1.29 is 9.59 Å². The second-order valence-corrected chi connectivity index (χ2v) is 4.08. The van der Waals surface area contributed by atoms with Gasteiger partial charge in [0.15, 0.2) is 5.78 Å². The molecule has 0 bridgehead atoms. The minimum absolute atomic E-state index is 0.0657. The number of Topliss-reactive ketones (excluding diaryl/α,β-unsaturated/α-hetero) is 1. The lowest BCUT2D eigenvalue weighted by Crippen LogP contribution is -2.40. The van der Waals surface area contributed by atoms with Crippen LogP contribution in [0.4, 0.5) is 0 Å². The summed E-state index contributed by atoms with van der Waals surface area (Å²) < 4.78 is 0. The normalized spacial score (nSPS) is 12.2. The van der Waals surface area contributed by atoms with Crippen LogP contribution in [0.5, 0.6) is 0 Å².